The fourth-order valence-corrected chi connectivity index (χ4v) is 2.33. The van der Waals surface area contributed by atoms with Crippen LogP contribution in [-0.2, 0) is 4.79 Å². The molecule has 0 aromatic heterocycles. The van der Waals surface area contributed by atoms with Crippen molar-refractivity contribution in [2.45, 2.75) is 90.6 Å². The summed E-state index contributed by atoms with van der Waals surface area (Å²) in [6.45, 7) is 4.17. The van der Waals surface area contributed by atoms with Gasteiger partial charge < -0.3 is 10.2 Å². The molecule has 0 rings (SSSR count). The Hall–Kier alpha value is -0.830. The lowest BCUT2D eigenvalue weighted by atomic mass is 10.0. The lowest BCUT2D eigenvalue weighted by Gasteiger charge is -2.10. The molecule has 0 aromatic rings. The minimum Gasteiger partial charge on any atom is -0.478 e. The number of unbranched alkanes of at least 4 members (excludes halogenated alkanes) is 8. The van der Waals surface area contributed by atoms with Crippen molar-refractivity contribution >= 4 is 5.97 Å². The van der Waals surface area contributed by atoms with Gasteiger partial charge in [-0.25, -0.2) is 4.79 Å². The maximum Gasteiger partial charge on any atom is 0.333 e. The number of aliphatic hydroxyl groups excluding tert-OH is 1. The minimum atomic E-state index is -0.981. The summed E-state index contributed by atoms with van der Waals surface area (Å²) in [5.74, 6) is -0.981. The zero-order valence-electron chi connectivity index (χ0n) is 13.2. The molecule has 0 aliphatic rings. The van der Waals surface area contributed by atoms with Crippen molar-refractivity contribution in [2.24, 2.45) is 0 Å². The third kappa shape index (κ3) is 10.0. The molecular weight excluding hydrogens is 252 g/mol. The first-order valence-electron chi connectivity index (χ1n) is 8.24. The Morgan fingerprint density at radius 3 is 2.00 bits per heavy atom. The topological polar surface area (TPSA) is 57.5 Å². The summed E-state index contributed by atoms with van der Waals surface area (Å²) in [4.78, 5) is 11.1. The minimum absolute atomic E-state index is 0.176. The van der Waals surface area contributed by atoms with Crippen molar-refractivity contribution in [1.29, 1.82) is 0 Å². The van der Waals surface area contributed by atoms with E-state index in [0.717, 1.165) is 25.7 Å². The molecule has 0 aliphatic carbocycles. The molecule has 3 heteroatoms. The summed E-state index contributed by atoms with van der Waals surface area (Å²) in [7, 11) is 0. The second-order valence-electron chi connectivity index (χ2n) is 5.53. The van der Waals surface area contributed by atoms with Gasteiger partial charge in [0.2, 0.25) is 0 Å². The fourth-order valence-electron chi connectivity index (χ4n) is 2.33. The molecule has 0 aliphatic heterocycles. The average Bonchev–Trinajstić information content (AvgIpc) is 2.40. The van der Waals surface area contributed by atoms with E-state index in [1.165, 1.54) is 38.5 Å². The zero-order valence-corrected chi connectivity index (χ0v) is 13.2. The standard InChI is InChI=1S/C17H32O3/c1-3-5-6-7-8-9-10-11-12-14-15(17(19)20)16(18)13-4-2/h14,16,18H,3-13H2,1-2H3,(H,19,20)/b15-14-. The number of carboxylic acids is 1. The third-order valence-corrected chi connectivity index (χ3v) is 3.59. The Morgan fingerprint density at radius 2 is 1.50 bits per heavy atom. The van der Waals surface area contributed by atoms with Gasteiger partial charge in [-0.05, 0) is 19.3 Å². The quantitative estimate of drug-likeness (QED) is 0.381. The summed E-state index contributed by atoms with van der Waals surface area (Å²) in [5.41, 5.74) is 0.176. The highest BCUT2D eigenvalue weighted by atomic mass is 16.4. The van der Waals surface area contributed by atoms with Crippen LogP contribution in [0.4, 0.5) is 0 Å². The summed E-state index contributed by atoms with van der Waals surface area (Å²) in [6, 6.07) is 0. The summed E-state index contributed by atoms with van der Waals surface area (Å²) < 4.78 is 0. The number of rotatable bonds is 13. The van der Waals surface area contributed by atoms with Crippen LogP contribution in [0.25, 0.3) is 0 Å². The number of hydrogen-bond acceptors (Lipinski definition) is 2. The number of aliphatic carboxylic acids is 1. The first-order chi connectivity index (χ1) is 9.63. The van der Waals surface area contributed by atoms with E-state index in [0.29, 0.717) is 6.42 Å². The molecule has 0 aromatic carbocycles. The monoisotopic (exact) mass is 284 g/mol. The van der Waals surface area contributed by atoms with Crippen LogP contribution in [0.15, 0.2) is 11.6 Å². The lowest BCUT2D eigenvalue weighted by molar-refractivity contribution is -0.133. The van der Waals surface area contributed by atoms with Crippen LogP contribution >= 0.6 is 0 Å². The van der Waals surface area contributed by atoms with Crippen molar-refractivity contribution in [3.63, 3.8) is 0 Å². The number of carboxylic acid groups (broad SMARTS) is 1. The van der Waals surface area contributed by atoms with Gasteiger partial charge in [0.05, 0.1) is 11.7 Å². The van der Waals surface area contributed by atoms with Gasteiger partial charge in [0.15, 0.2) is 0 Å². The van der Waals surface area contributed by atoms with Gasteiger partial charge >= 0.3 is 5.97 Å². The van der Waals surface area contributed by atoms with Crippen LogP contribution in [0.1, 0.15) is 84.5 Å². The Balaban J connectivity index is 3.76. The molecule has 0 heterocycles. The molecule has 0 bridgehead atoms. The van der Waals surface area contributed by atoms with Gasteiger partial charge in [-0.3, -0.25) is 0 Å². The van der Waals surface area contributed by atoms with E-state index in [-0.39, 0.29) is 5.57 Å². The highest BCUT2D eigenvalue weighted by Crippen LogP contribution is 2.13. The lowest BCUT2D eigenvalue weighted by Crippen LogP contribution is -2.17. The second kappa shape index (κ2) is 13.2. The van der Waals surface area contributed by atoms with E-state index in [2.05, 4.69) is 6.92 Å². The molecule has 0 spiro atoms. The Bertz CT molecular complexity index is 271. The first-order valence-corrected chi connectivity index (χ1v) is 8.24. The maximum absolute atomic E-state index is 11.1. The average molecular weight is 284 g/mol. The summed E-state index contributed by atoms with van der Waals surface area (Å²) in [5, 5.41) is 18.8. The molecule has 1 unspecified atom stereocenters. The molecule has 118 valence electrons. The number of hydrogen-bond donors (Lipinski definition) is 2. The SMILES string of the molecule is CCCCCCCCCC/C=C(\C(=O)O)C(O)CCC. The van der Waals surface area contributed by atoms with E-state index in [1.807, 2.05) is 6.92 Å². The molecule has 20 heavy (non-hydrogen) atoms. The highest BCUT2D eigenvalue weighted by molar-refractivity contribution is 5.87. The van der Waals surface area contributed by atoms with Crippen LogP contribution in [0.2, 0.25) is 0 Å². The summed E-state index contributed by atoms with van der Waals surface area (Å²) in [6.07, 6.45) is 12.9. The predicted molar refractivity (Wildman–Crippen MR) is 83.9 cm³/mol. The number of aliphatic hydroxyl groups is 1. The van der Waals surface area contributed by atoms with Gasteiger partial charge in [0.1, 0.15) is 0 Å². The van der Waals surface area contributed by atoms with Gasteiger partial charge in [0, 0.05) is 0 Å². The maximum atomic E-state index is 11.1. The molecule has 0 amide bonds. The van der Waals surface area contributed by atoms with Crippen LogP contribution in [0, 0.1) is 0 Å². The normalized spacial score (nSPS) is 13.4. The Morgan fingerprint density at radius 1 is 0.950 bits per heavy atom. The van der Waals surface area contributed by atoms with Crippen LogP contribution < -0.4 is 0 Å². The molecule has 0 fully saturated rings. The smallest absolute Gasteiger partial charge is 0.333 e. The van der Waals surface area contributed by atoms with E-state index in [9.17, 15) is 9.90 Å². The largest absolute Gasteiger partial charge is 0.478 e. The van der Waals surface area contributed by atoms with E-state index < -0.39 is 12.1 Å². The Labute approximate surface area is 124 Å². The summed E-state index contributed by atoms with van der Waals surface area (Å²) >= 11 is 0. The van der Waals surface area contributed by atoms with Crippen molar-refractivity contribution in [3.05, 3.63) is 11.6 Å². The molecule has 2 N–H and O–H groups in total. The van der Waals surface area contributed by atoms with Crippen LogP contribution in [-0.4, -0.2) is 22.3 Å². The van der Waals surface area contributed by atoms with Gasteiger partial charge in [0.25, 0.3) is 0 Å². The molecule has 3 nitrogen and oxygen atoms in total. The van der Waals surface area contributed by atoms with Crippen LogP contribution in [0.3, 0.4) is 0 Å². The second-order valence-corrected chi connectivity index (χ2v) is 5.53. The van der Waals surface area contributed by atoms with Crippen molar-refractivity contribution in [1.82, 2.24) is 0 Å². The molecule has 1 atom stereocenters. The van der Waals surface area contributed by atoms with Gasteiger partial charge in [-0.15, -0.1) is 0 Å². The highest BCUT2D eigenvalue weighted by Gasteiger charge is 2.16. The van der Waals surface area contributed by atoms with Crippen molar-refractivity contribution in [3.8, 4) is 0 Å². The number of carbonyl (C=O) groups is 1. The van der Waals surface area contributed by atoms with Gasteiger partial charge in [-0.1, -0.05) is 71.3 Å². The third-order valence-electron chi connectivity index (χ3n) is 3.59. The molecule has 0 saturated carbocycles. The number of allylic oxidation sites excluding steroid dienone is 1. The van der Waals surface area contributed by atoms with E-state index in [1.54, 1.807) is 6.08 Å². The fraction of sp³-hybridized carbons (Fsp3) is 0.824. The van der Waals surface area contributed by atoms with E-state index >= 15 is 0 Å². The molecular formula is C17H32O3. The van der Waals surface area contributed by atoms with E-state index in [4.69, 9.17) is 5.11 Å². The van der Waals surface area contributed by atoms with Crippen molar-refractivity contribution in [2.75, 3.05) is 0 Å². The predicted octanol–water partition coefficient (Wildman–Crippen LogP) is 4.69. The van der Waals surface area contributed by atoms with Gasteiger partial charge in [-0.2, -0.15) is 0 Å². The first kappa shape index (κ1) is 19.2. The molecule has 0 radical (unpaired) electrons. The van der Waals surface area contributed by atoms with Crippen molar-refractivity contribution < 1.29 is 15.0 Å². The Kier molecular flexibility index (Phi) is 12.6. The van der Waals surface area contributed by atoms with Crippen LogP contribution in [0.5, 0.6) is 0 Å². The zero-order chi connectivity index (χ0) is 15.2. The molecule has 0 saturated heterocycles.